The van der Waals surface area contributed by atoms with Crippen LogP contribution in [-0.2, 0) is 11.2 Å². The highest BCUT2D eigenvalue weighted by molar-refractivity contribution is 5.76. The molecule has 0 radical (unpaired) electrons. The zero-order valence-corrected chi connectivity index (χ0v) is 13.2. The molecule has 1 aliphatic heterocycles. The van der Waals surface area contributed by atoms with E-state index in [9.17, 15) is 4.79 Å². The molecular formula is C17H25NO3. The molecule has 0 aromatic heterocycles. The summed E-state index contributed by atoms with van der Waals surface area (Å²) in [6.07, 6.45) is 3.38. The predicted octanol–water partition coefficient (Wildman–Crippen LogP) is 3.29. The summed E-state index contributed by atoms with van der Waals surface area (Å²) in [6, 6.07) is 5.84. The number of aryl methyl sites for hydroxylation is 1. The van der Waals surface area contributed by atoms with Crippen LogP contribution in [0.25, 0.3) is 0 Å². The Kier molecular flexibility index (Phi) is 5.10. The molecule has 0 saturated carbocycles. The summed E-state index contributed by atoms with van der Waals surface area (Å²) in [5, 5.41) is 2.98. The van der Waals surface area contributed by atoms with E-state index in [1.165, 1.54) is 0 Å². The second kappa shape index (κ2) is 6.83. The summed E-state index contributed by atoms with van der Waals surface area (Å²) in [7, 11) is 0. The average molecular weight is 291 g/mol. The molecular weight excluding hydrogens is 266 g/mol. The molecule has 4 heteroatoms. The monoisotopic (exact) mass is 291 g/mol. The topological polar surface area (TPSA) is 47.6 Å². The minimum atomic E-state index is 0.113. The molecule has 0 unspecified atom stereocenters. The van der Waals surface area contributed by atoms with Gasteiger partial charge in [0.05, 0.1) is 0 Å². The number of rotatable bonds is 6. The quantitative estimate of drug-likeness (QED) is 0.818. The molecule has 1 N–H and O–H groups in total. The molecule has 2 rings (SSSR count). The van der Waals surface area contributed by atoms with Crippen molar-refractivity contribution in [1.82, 2.24) is 5.32 Å². The van der Waals surface area contributed by atoms with E-state index < -0.39 is 0 Å². The van der Waals surface area contributed by atoms with Crippen LogP contribution >= 0.6 is 0 Å². The van der Waals surface area contributed by atoms with Crippen molar-refractivity contribution in [2.24, 2.45) is 5.41 Å². The highest BCUT2D eigenvalue weighted by Crippen LogP contribution is 2.32. The van der Waals surface area contributed by atoms with Gasteiger partial charge >= 0.3 is 0 Å². The molecule has 21 heavy (non-hydrogen) atoms. The number of benzene rings is 1. The molecule has 1 heterocycles. The van der Waals surface area contributed by atoms with Crippen molar-refractivity contribution in [3.8, 4) is 11.5 Å². The van der Waals surface area contributed by atoms with Gasteiger partial charge in [-0.1, -0.05) is 26.8 Å². The van der Waals surface area contributed by atoms with E-state index in [2.05, 4.69) is 26.1 Å². The van der Waals surface area contributed by atoms with E-state index in [1.54, 1.807) is 0 Å². The van der Waals surface area contributed by atoms with Crippen molar-refractivity contribution in [1.29, 1.82) is 0 Å². The molecule has 0 bridgehead atoms. The minimum absolute atomic E-state index is 0.113. The van der Waals surface area contributed by atoms with Crippen molar-refractivity contribution < 1.29 is 14.3 Å². The third-order valence-corrected chi connectivity index (χ3v) is 3.50. The zero-order chi connectivity index (χ0) is 15.3. The first-order valence-corrected chi connectivity index (χ1v) is 7.59. The Balaban J connectivity index is 1.67. The lowest BCUT2D eigenvalue weighted by atomic mass is 9.91. The summed E-state index contributed by atoms with van der Waals surface area (Å²) in [6.45, 7) is 7.70. The van der Waals surface area contributed by atoms with Gasteiger partial charge in [-0.15, -0.1) is 0 Å². The third kappa shape index (κ3) is 5.29. The smallest absolute Gasteiger partial charge is 0.231 e. The predicted molar refractivity (Wildman–Crippen MR) is 82.6 cm³/mol. The van der Waals surface area contributed by atoms with Gasteiger partial charge in [0, 0.05) is 13.0 Å². The van der Waals surface area contributed by atoms with Crippen LogP contribution in [-0.4, -0.2) is 19.2 Å². The van der Waals surface area contributed by atoms with Crippen LogP contribution < -0.4 is 14.8 Å². The highest BCUT2D eigenvalue weighted by Gasteiger charge is 2.13. The van der Waals surface area contributed by atoms with Crippen LogP contribution in [0.4, 0.5) is 0 Å². The molecule has 1 amide bonds. The Hall–Kier alpha value is -1.71. The van der Waals surface area contributed by atoms with E-state index in [1.807, 2.05) is 18.2 Å². The van der Waals surface area contributed by atoms with Crippen molar-refractivity contribution in [2.75, 3.05) is 13.3 Å². The SMILES string of the molecule is CC(C)(C)CCCNC(=O)CCc1ccc2c(c1)OCO2. The van der Waals surface area contributed by atoms with Crippen LogP contribution in [0.5, 0.6) is 11.5 Å². The first-order valence-electron chi connectivity index (χ1n) is 7.59. The largest absolute Gasteiger partial charge is 0.454 e. The average Bonchev–Trinajstić information content (AvgIpc) is 2.87. The van der Waals surface area contributed by atoms with Gasteiger partial charge in [0.15, 0.2) is 11.5 Å². The third-order valence-electron chi connectivity index (χ3n) is 3.50. The molecule has 1 aromatic carbocycles. The number of fused-ring (bicyclic) bond motifs is 1. The summed E-state index contributed by atoms with van der Waals surface area (Å²) < 4.78 is 10.6. The molecule has 0 saturated heterocycles. The van der Waals surface area contributed by atoms with Crippen LogP contribution in [0.2, 0.25) is 0 Å². The zero-order valence-electron chi connectivity index (χ0n) is 13.2. The maximum absolute atomic E-state index is 11.8. The number of carbonyl (C=O) groups is 1. The second-order valence-electron chi connectivity index (χ2n) is 6.70. The Morgan fingerprint density at radius 2 is 2.00 bits per heavy atom. The molecule has 0 fully saturated rings. The fraction of sp³-hybridized carbons (Fsp3) is 0.588. The van der Waals surface area contributed by atoms with Crippen LogP contribution in [0.15, 0.2) is 18.2 Å². The van der Waals surface area contributed by atoms with Gasteiger partial charge in [-0.25, -0.2) is 0 Å². The first kappa shape index (κ1) is 15.7. The van der Waals surface area contributed by atoms with Gasteiger partial charge < -0.3 is 14.8 Å². The Bertz CT molecular complexity index is 491. The van der Waals surface area contributed by atoms with E-state index in [-0.39, 0.29) is 12.7 Å². The molecule has 0 spiro atoms. The number of hydrogen-bond acceptors (Lipinski definition) is 3. The number of ether oxygens (including phenoxy) is 2. The van der Waals surface area contributed by atoms with Gasteiger partial charge in [0.25, 0.3) is 0 Å². The number of hydrogen-bond donors (Lipinski definition) is 1. The Morgan fingerprint density at radius 1 is 1.24 bits per heavy atom. The van der Waals surface area contributed by atoms with Crippen molar-refractivity contribution in [3.63, 3.8) is 0 Å². The summed E-state index contributed by atoms with van der Waals surface area (Å²) >= 11 is 0. The first-order chi connectivity index (χ1) is 9.94. The van der Waals surface area contributed by atoms with Crippen molar-refractivity contribution in [3.05, 3.63) is 23.8 Å². The van der Waals surface area contributed by atoms with E-state index in [4.69, 9.17) is 9.47 Å². The normalized spacial score (nSPS) is 13.3. The van der Waals surface area contributed by atoms with Crippen LogP contribution in [0.3, 0.4) is 0 Å². The van der Waals surface area contributed by atoms with Crippen LogP contribution in [0, 0.1) is 5.41 Å². The lowest BCUT2D eigenvalue weighted by molar-refractivity contribution is -0.121. The molecule has 0 atom stereocenters. The van der Waals surface area contributed by atoms with Crippen molar-refractivity contribution in [2.45, 2.75) is 46.5 Å². The summed E-state index contributed by atoms with van der Waals surface area (Å²) in [5.74, 6) is 1.67. The standard InChI is InChI=1S/C17H25NO3/c1-17(2,3)9-4-10-18-16(19)8-6-13-5-7-14-15(11-13)21-12-20-14/h5,7,11H,4,6,8-10,12H2,1-3H3,(H,18,19). The highest BCUT2D eigenvalue weighted by atomic mass is 16.7. The number of nitrogens with one attached hydrogen (secondary N) is 1. The van der Waals surface area contributed by atoms with Gasteiger partial charge in [0.1, 0.15) is 0 Å². The van der Waals surface area contributed by atoms with Gasteiger partial charge in [-0.05, 0) is 42.4 Å². The second-order valence-corrected chi connectivity index (χ2v) is 6.70. The number of carbonyl (C=O) groups excluding carboxylic acids is 1. The van der Waals surface area contributed by atoms with Gasteiger partial charge in [0.2, 0.25) is 12.7 Å². The number of amides is 1. The lowest BCUT2D eigenvalue weighted by Crippen LogP contribution is -2.25. The van der Waals surface area contributed by atoms with E-state index in [0.717, 1.165) is 42.9 Å². The fourth-order valence-corrected chi connectivity index (χ4v) is 2.29. The molecule has 1 aromatic rings. The molecule has 116 valence electrons. The molecule has 4 nitrogen and oxygen atoms in total. The molecule has 1 aliphatic rings. The summed E-state index contributed by atoms with van der Waals surface area (Å²) in [4.78, 5) is 11.8. The van der Waals surface area contributed by atoms with E-state index in [0.29, 0.717) is 11.8 Å². The lowest BCUT2D eigenvalue weighted by Gasteiger charge is -2.17. The fourth-order valence-electron chi connectivity index (χ4n) is 2.29. The molecule has 0 aliphatic carbocycles. The van der Waals surface area contributed by atoms with E-state index >= 15 is 0 Å². The van der Waals surface area contributed by atoms with Crippen molar-refractivity contribution >= 4 is 5.91 Å². The van der Waals surface area contributed by atoms with Crippen LogP contribution in [0.1, 0.15) is 45.6 Å². The van der Waals surface area contributed by atoms with Gasteiger partial charge in [-0.2, -0.15) is 0 Å². The summed E-state index contributed by atoms with van der Waals surface area (Å²) in [5.41, 5.74) is 1.43. The Labute approximate surface area is 126 Å². The Morgan fingerprint density at radius 3 is 2.76 bits per heavy atom. The maximum Gasteiger partial charge on any atom is 0.231 e. The minimum Gasteiger partial charge on any atom is -0.454 e. The van der Waals surface area contributed by atoms with Gasteiger partial charge in [-0.3, -0.25) is 4.79 Å². The maximum atomic E-state index is 11.8.